The molecule has 22 heavy (non-hydrogen) atoms. The highest BCUT2D eigenvalue weighted by atomic mass is 16.2. The molecule has 0 spiro atoms. The molecule has 2 heterocycles. The number of aromatic nitrogens is 2. The van der Waals surface area contributed by atoms with Gasteiger partial charge in [-0.1, -0.05) is 20.8 Å². The van der Waals surface area contributed by atoms with Crippen molar-refractivity contribution >= 4 is 17.6 Å². The van der Waals surface area contributed by atoms with E-state index in [-0.39, 0.29) is 17.7 Å². The van der Waals surface area contributed by atoms with Crippen molar-refractivity contribution in [1.29, 1.82) is 0 Å². The van der Waals surface area contributed by atoms with Crippen molar-refractivity contribution in [2.24, 2.45) is 18.4 Å². The number of piperidine rings is 1. The number of rotatable bonds is 2. The smallest absolute Gasteiger partial charge is 0.230 e. The van der Waals surface area contributed by atoms with Gasteiger partial charge in [0.1, 0.15) is 5.82 Å². The van der Waals surface area contributed by atoms with Crippen LogP contribution in [0.2, 0.25) is 0 Å². The van der Waals surface area contributed by atoms with Crippen LogP contribution in [0.25, 0.3) is 0 Å². The van der Waals surface area contributed by atoms with Gasteiger partial charge in [-0.15, -0.1) is 0 Å². The number of nitrogens with one attached hydrogen (secondary N) is 1. The van der Waals surface area contributed by atoms with E-state index in [1.165, 1.54) is 0 Å². The average molecular weight is 306 g/mol. The number of aryl methyl sites for hydroxylation is 2. The van der Waals surface area contributed by atoms with E-state index >= 15 is 0 Å². The van der Waals surface area contributed by atoms with Crippen LogP contribution in [0.5, 0.6) is 0 Å². The van der Waals surface area contributed by atoms with E-state index in [9.17, 15) is 9.59 Å². The van der Waals surface area contributed by atoms with Crippen LogP contribution in [0, 0.1) is 18.3 Å². The molecule has 1 unspecified atom stereocenters. The maximum Gasteiger partial charge on any atom is 0.230 e. The summed E-state index contributed by atoms with van der Waals surface area (Å²) in [7, 11) is 1.80. The van der Waals surface area contributed by atoms with Gasteiger partial charge in [-0.2, -0.15) is 5.10 Å². The first-order chi connectivity index (χ1) is 10.2. The Morgan fingerprint density at radius 3 is 2.59 bits per heavy atom. The number of hydrogen-bond acceptors (Lipinski definition) is 3. The second-order valence-corrected chi connectivity index (χ2v) is 7.12. The summed E-state index contributed by atoms with van der Waals surface area (Å²) in [6, 6.07) is 1.85. The minimum absolute atomic E-state index is 0.0330. The SMILES string of the molecule is Cc1cc(NC(=O)C2CCCN(C(=O)C(C)(C)C)C2)n(C)n1. The van der Waals surface area contributed by atoms with Crippen molar-refractivity contribution in [2.45, 2.75) is 40.5 Å². The maximum atomic E-state index is 12.5. The molecule has 6 heteroatoms. The van der Waals surface area contributed by atoms with E-state index in [4.69, 9.17) is 0 Å². The summed E-state index contributed by atoms with van der Waals surface area (Å²) in [5, 5.41) is 7.14. The largest absolute Gasteiger partial charge is 0.341 e. The summed E-state index contributed by atoms with van der Waals surface area (Å²) in [6.45, 7) is 8.87. The molecule has 0 saturated carbocycles. The second-order valence-electron chi connectivity index (χ2n) is 7.12. The van der Waals surface area contributed by atoms with Gasteiger partial charge in [0.2, 0.25) is 11.8 Å². The predicted octanol–water partition coefficient (Wildman–Crippen LogP) is 1.95. The van der Waals surface area contributed by atoms with Gasteiger partial charge in [-0.3, -0.25) is 14.3 Å². The van der Waals surface area contributed by atoms with E-state index in [0.29, 0.717) is 12.4 Å². The van der Waals surface area contributed by atoms with Gasteiger partial charge in [0.15, 0.2) is 0 Å². The first kappa shape index (κ1) is 16.5. The van der Waals surface area contributed by atoms with Gasteiger partial charge in [-0.05, 0) is 19.8 Å². The summed E-state index contributed by atoms with van der Waals surface area (Å²) in [6.07, 6.45) is 1.68. The molecule has 0 aliphatic carbocycles. The zero-order valence-electron chi connectivity index (χ0n) is 14.1. The molecule has 2 amide bonds. The lowest BCUT2D eigenvalue weighted by Gasteiger charge is -2.35. The zero-order chi connectivity index (χ0) is 16.5. The molecule has 1 aromatic rings. The second kappa shape index (κ2) is 6.10. The number of amides is 2. The molecule has 0 aromatic carbocycles. The Kier molecular flexibility index (Phi) is 4.58. The molecule has 1 aromatic heterocycles. The fourth-order valence-electron chi connectivity index (χ4n) is 2.81. The molecule has 1 aliphatic heterocycles. The quantitative estimate of drug-likeness (QED) is 0.908. The Labute approximate surface area is 131 Å². The first-order valence-electron chi connectivity index (χ1n) is 7.79. The van der Waals surface area contributed by atoms with E-state index in [1.807, 2.05) is 38.7 Å². The van der Waals surface area contributed by atoms with E-state index in [2.05, 4.69) is 10.4 Å². The van der Waals surface area contributed by atoms with Crippen LogP contribution in [0.3, 0.4) is 0 Å². The van der Waals surface area contributed by atoms with Gasteiger partial charge in [0.25, 0.3) is 0 Å². The van der Waals surface area contributed by atoms with Crippen LogP contribution in [0.1, 0.15) is 39.3 Å². The van der Waals surface area contributed by atoms with Crippen molar-refractivity contribution in [3.05, 3.63) is 11.8 Å². The van der Waals surface area contributed by atoms with Crippen LogP contribution in [-0.2, 0) is 16.6 Å². The molecule has 0 radical (unpaired) electrons. The number of nitrogens with zero attached hydrogens (tertiary/aromatic N) is 3. The monoisotopic (exact) mass is 306 g/mol. The minimum atomic E-state index is -0.405. The Hall–Kier alpha value is -1.85. The standard InChI is InChI=1S/C16H26N4O2/c1-11-9-13(19(5)18-11)17-14(21)12-7-6-8-20(10-12)15(22)16(2,3)4/h9,12H,6-8,10H2,1-5H3,(H,17,21). The van der Waals surface area contributed by atoms with Gasteiger partial charge in [0, 0.05) is 31.6 Å². The summed E-state index contributed by atoms with van der Waals surface area (Å²) in [5.41, 5.74) is 0.461. The summed E-state index contributed by atoms with van der Waals surface area (Å²) < 4.78 is 1.66. The minimum Gasteiger partial charge on any atom is -0.341 e. The molecule has 1 saturated heterocycles. The summed E-state index contributed by atoms with van der Waals surface area (Å²) >= 11 is 0. The molecule has 1 aliphatic rings. The van der Waals surface area contributed by atoms with Crippen LogP contribution < -0.4 is 5.32 Å². The van der Waals surface area contributed by atoms with Crippen LogP contribution in [-0.4, -0.2) is 39.6 Å². The molecule has 2 rings (SSSR count). The highest BCUT2D eigenvalue weighted by molar-refractivity contribution is 5.92. The lowest BCUT2D eigenvalue weighted by atomic mass is 9.91. The van der Waals surface area contributed by atoms with Crippen molar-refractivity contribution in [1.82, 2.24) is 14.7 Å². The third kappa shape index (κ3) is 3.67. The molecular formula is C16H26N4O2. The van der Waals surface area contributed by atoms with Crippen molar-refractivity contribution in [3.8, 4) is 0 Å². The van der Waals surface area contributed by atoms with Crippen LogP contribution in [0.15, 0.2) is 6.07 Å². The molecule has 0 bridgehead atoms. The lowest BCUT2D eigenvalue weighted by molar-refractivity contribution is -0.142. The number of carbonyl (C=O) groups is 2. The maximum absolute atomic E-state index is 12.5. The number of hydrogen-bond donors (Lipinski definition) is 1. The van der Waals surface area contributed by atoms with Gasteiger partial charge >= 0.3 is 0 Å². The Balaban J connectivity index is 2.01. The van der Waals surface area contributed by atoms with Crippen molar-refractivity contribution in [3.63, 3.8) is 0 Å². The highest BCUT2D eigenvalue weighted by Crippen LogP contribution is 2.24. The third-order valence-corrected chi connectivity index (χ3v) is 3.97. The van der Waals surface area contributed by atoms with Crippen molar-refractivity contribution in [2.75, 3.05) is 18.4 Å². The van der Waals surface area contributed by atoms with E-state index in [1.54, 1.807) is 11.7 Å². The number of anilines is 1. The average Bonchev–Trinajstić information content (AvgIpc) is 2.75. The normalized spacial score (nSPS) is 19.1. The zero-order valence-corrected chi connectivity index (χ0v) is 14.1. The third-order valence-electron chi connectivity index (χ3n) is 3.97. The van der Waals surface area contributed by atoms with Gasteiger partial charge < -0.3 is 10.2 Å². The highest BCUT2D eigenvalue weighted by Gasteiger charge is 2.33. The fraction of sp³-hybridized carbons (Fsp3) is 0.688. The lowest BCUT2D eigenvalue weighted by Crippen LogP contribution is -2.47. The van der Waals surface area contributed by atoms with Gasteiger partial charge in [-0.25, -0.2) is 0 Å². The van der Waals surface area contributed by atoms with Gasteiger partial charge in [0.05, 0.1) is 11.6 Å². The van der Waals surface area contributed by atoms with Crippen molar-refractivity contribution < 1.29 is 9.59 Å². The Morgan fingerprint density at radius 1 is 1.36 bits per heavy atom. The molecular weight excluding hydrogens is 280 g/mol. The molecule has 6 nitrogen and oxygen atoms in total. The predicted molar refractivity (Wildman–Crippen MR) is 85.3 cm³/mol. The van der Waals surface area contributed by atoms with Crippen LogP contribution in [0.4, 0.5) is 5.82 Å². The fourth-order valence-corrected chi connectivity index (χ4v) is 2.81. The summed E-state index contributed by atoms with van der Waals surface area (Å²) in [5.74, 6) is 0.618. The molecule has 1 N–H and O–H groups in total. The van der Waals surface area contributed by atoms with Crippen LogP contribution >= 0.6 is 0 Å². The number of likely N-dealkylation sites (tertiary alicyclic amines) is 1. The molecule has 1 atom stereocenters. The van der Waals surface area contributed by atoms with E-state index < -0.39 is 5.41 Å². The topological polar surface area (TPSA) is 67.2 Å². The first-order valence-corrected chi connectivity index (χ1v) is 7.79. The van der Waals surface area contributed by atoms with E-state index in [0.717, 1.165) is 25.1 Å². The molecule has 1 fully saturated rings. The Morgan fingerprint density at radius 2 is 2.05 bits per heavy atom. The Bertz CT molecular complexity index is 571. The molecule has 122 valence electrons. The summed E-state index contributed by atoms with van der Waals surface area (Å²) in [4.78, 5) is 26.7. The number of carbonyl (C=O) groups excluding carboxylic acids is 2.